The highest BCUT2D eigenvalue weighted by molar-refractivity contribution is 7.98. The van der Waals surface area contributed by atoms with Gasteiger partial charge in [-0.3, -0.25) is 4.79 Å². The predicted octanol–water partition coefficient (Wildman–Crippen LogP) is 6.16. The number of ether oxygens (including phenoxy) is 1. The largest absolute Gasteiger partial charge is 0.481 e. The van der Waals surface area contributed by atoms with Crippen LogP contribution in [0.5, 0.6) is 5.75 Å². The van der Waals surface area contributed by atoms with E-state index in [1.807, 2.05) is 32.0 Å². The number of benzene rings is 2. The molecule has 2 rings (SSSR count). The molecule has 0 heterocycles. The van der Waals surface area contributed by atoms with Crippen molar-refractivity contribution in [2.45, 2.75) is 32.1 Å². The van der Waals surface area contributed by atoms with Gasteiger partial charge in [-0.05, 0) is 54.8 Å². The number of halogens is 3. The first-order chi connectivity index (χ1) is 12.9. The number of carbonyl (C=O) groups excluding carboxylic acids is 1. The molecule has 2 aromatic rings. The topological polar surface area (TPSA) is 38.3 Å². The lowest BCUT2D eigenvalue weighted by atomic mass is 10.2. The average Bonchev–Trinajstić information content (AvgIpc) is 2.63. The first-order valence-corrected chi connectivity index (χ1v) is 10.9. The maximum Gasteiger partial charge on any atom is 0.261 e. The maximum absolute atomic E-state index is 12.3. The number of thioether (sulfide) groups is 1. The average molecular weight is 447 g/mol. The van der Waals surface area contributed by atoms with Gasteiger partial charge in [-0.2, -0.15) is 11.8 Å². The van der Waals surface area contributed by atoms with Crippen molar-refractivity contribution >= 4 is 52.5 Å². The first kappa shape index (κ1) is 22.2. The monoisotopic (exact) mass is 445 g/mol. The molecule has 3 nitrogen and oxygen atoms in total. The van der Waals surface area contributed by atoms with E-state index in [0.717, 1.165) is 22.6 Å². The molecule has 2 aromatic carbocycles. The van der Waals surface area contributed by atoms with Crippen LogP contribution in [0.1, 0.15) is 24.5 Å². The zero-order valence-electron chi connectivity index (χ0n) is 15.2. The van der Waals surface area contributed by atoms with Gasteiger partial charge in [-0.1, -0.05) is 47.8 Å². The van der Waals surface area contributed by atoms with Crippen molar-refractivity contribution in [3.05, 3.63) is 62.6 Å². The number of aryl methyl sites for hydroxylation is 1. The molecule has 7 heteroatoms. The van der Waals surface area contributed by atoms with Crippen LogP contribution in [0.15, 0.2) is 36.4 Å². The summed E-state index contributed by atoms with van der Waals surface area (Å²) >= 11 is 19.8. The molecule has 0 spiro atoms. The molecule has 1 amide bonds. The minimum Gasteiger partial charge on any atom is -0.481 e. The molecule has 0 saturated heterocycles. The molecular weight excluding hydrogens is 425 g/mol. The fourth-order valence-electron chi connectivity index (χ4n) is 2.36. The Labute approximate surface area is 179 Å². The van der Waals surface area contributed by atoms with Crippen molar-refractivity contribution in [2.24, 2.45) is 0 Å². The van der Waals surface area contributed by atoms with E-state index in [4.69, 9.17) is 39.5 Å². The van der Waals surface area contributed by atoms with E-state index in [0.29, 0.717) is 33.8 Å². The summed E-state index contributed by atoms with van der Waals surface area (Å²) in [5.74, 6) is 2.08. The highest BCUT2D eigenvalue weighted by Gasteiger charge is 2.18. The predicted molar refractivity (Wildman–Crippen MR) is 117 cm³/mol. The third-order valence-electron chi connectivity index (χ3n) is 3.89. The summed E-state index contributed by atoms with van der Waals surface area (Å²) in [5.41, 5.74) is 1.95. The van der Waals surface area contributed by atoms with Gasteiger partial charge >= 0.3 is 0 Å². The van der Waals surface area contributed by atoms with Crippen LogP contribution in [0, 0.1) is 6.92 Å². The second kappa shape index (κ2) is 11.1. The molecule has 0 fully saturated rings. The number of nitrogens with one attached hydrogen (secondary N) is 1. The van der Waals surface area contributed by atoms with Crippen LogP contribution in [0.3, 0.4) is 0 Å². The van der Waals surface area contributed by atoms with Gasteiger partial charge in [0.15, 0.2) is 6.10 Å². The van der Waals surface area contributed by atoms with E-state index in [2.05, 4.69) is 5.32 Å². The highest BCUT2D eigenvalue weighted by atomic mass is 35.5. The number of hydrogen-bond acceptors (Lipinski definition) is 3. The van der Waals surface area contributed by atoms with Crippen LogP contribution in [0.4, 0.5) is 0 Å². The lowest BCUT2D eigenvalue weighted by molar-refractivity contribution is -0.127. The second-order valence-corrected chi connectivity index (χ2v) is 8.36. The zero-order valence-corrected chi connectivity index (χ0v) is 18.3. The number of carbonyl (C=O) groups is 1. The van der Waals surface area contributed by atoms with Crippen LogP contribution in [0.25, 0.3) is 0 Å². The van der Waals surface area contributed by atoms with Crippen LogP contribution < -0.4 is 10.1 Å². The summed E-state index contributed by atoms with van der Waals surface area (Å²) in [6.45, 7) is 4.39. The van der Waals surface area contributed by atoms with E-state index in [9.17, 15) is 4.79 Å². The minimum absolute atomic E-state index is 0.116. The fourth-order valence-corrected chi connectivity index (χ4v) is 3.89. The molecule has 0 unspecified atom stereocenters. The Kier molecular flexibility index (Phi) is 9.10. The van der Waals surface area contributed by atoms with Crippen molar-refractivity contribution in [3.63, 3.8) is 0 Å². The molecule has 0 aliphatic heterocycles. The third-order valence-corrected chi connectivity index (χ3v) is 5.91. The van der Waals surface area contributed by atoms with Gasteiger partial charge < -0.3 is 10.1 Å². The Hall–Kier alpha value is -1.07. The van der Waals surface area contributed by atoms with Crippen LogP contribution >= 0.6 is 46.6 Å². The van der Waals surface area contributed by atoms with Gasteiger partial charge in [-0.15, -0.1) is 0 Å². The Bertz CT molecular complexity index is 786. The van der Waals surface area contributed by atoms with Crippen LogP contribution in [-0.4, -0.2) is 24.3 Å². The molecule has 0 radical (unpaired) electrons. The Balaban J connectivity index is 1.75. The van der Waals surface area contributed by atoms with E-state index >= 15 is 0 Å². The molecule has 0 aromatic heterocycles. The van der Waals surface area contributed by atoms with Crippen molar-refractivity contribution in [1.29, 1.82) is 0 Å². The van der Waals surface area contributed by atoms with Crippen molar-refractivity contribution in [2.75, 3.05) is 12.3 Å². The van der Waals surface area contributed by atoms with E-state index in [1.165, 1.54) is 0 Å². The Morgan fingerprint density at radius 2 is 1.93 bits per heavy atom. The van der Waals surface area contributed by atoms with Gasteiger partial charge in [0.05, 0.1) is 0 Å². The molecule has 0 aliphatic rings. The lowest BCUT2D eigenvalue weighted by Crippen LogP contribution is -2.39. The van der Waals surface area contributed by atoms with Crippen molar-refractivity contribution in [1.82, 2.24) is 5.32 Å². The summed E-state index contributed by atoms with van der Waals surface area (Å²) < 4.78 is 5.81. The smallest absolute Gasteiger partial charge is 0.261 e. The molecular formula is C20H22Cl3NO2S. The SMILES string of the molecule is CC[C@H](Oc1ccc(Cl)c(C)c1)C(=O)NCCSCc1ccc(Cl)cc1Cl. The van der Waals surface area contributed by atoms with E-state index < -0.39 is 6.10 Å². The fraction of sp³-hybridized carbons (Fsp3) is 0.350. The van der Waals surface area contributed by atoms with Gasteiger partial charge in [0.1, 0.15) is 5.75 Å². The summed E-state index contributed by atoms with van der Waals surface area (Å²) in [6.07, 6.45) is 0.0578. The van der Waals surface area contributed by atoms with Gasteiger partial charge in [0, 0.05) is 33.1 Å². The number of hydrogen-bond donors (Lipinski definition) is 1. The second-order valence-electron chi connectivity index (χ2n) is 6.01. The van der Waals surface area contributed by atoms with E-state index in [-0.39, 0.29) is 5.91 Å². The number of amides is 1. The van der Waals surface area contributed by atoms with Crippen LogP contribution in [0.2, 0.25) is 15.1 Å². The first-order valence-electron chi connectivity index (χ1n) is 8.63. The molecule has 146 valence electrons. The standard InChI is InChI=1S/C20H22Cl3NO2S/c1-3-19(26-16-6-7-17(22)13(2)10-16)20(25)24-8-9-27-12-14-4-5-15(21)11-18(14)23/h4-7,10-11,19H,3,8-9,12H2,1-2H3,(H,24,25)/t19-/m0/s1. The summed E-state index contributed by atoms with van der Waals surface area (Å²) in [6, 6.07) is 10.9. The lowest BCUT2D eigenvalue weighted by Gasteiger charge is -2.17. The summed E-state index contributed by atoms with van der Waals surface area (Å²) in [7, 11) is 0. The highest BCUT2D eigenvalue weighted by Crippen LogP contribution is 2.25. The third kappa shape index (κ3) is 7.11. The van der Waals surface area contributed by atoms with Crippen molar-refractivity contribution in [3.8, 4) is 5.75 Å². The van der Waals surface area contributed by atoms with Gasteiger partial charge in [0.25, 0.3) is 5.91 Å². The molecule has 1 N–H and O–H groups in total. The van der Waals surface area contributed by atoms with Crippen molar-refractivity contribution < 1.29 is 9.53 Å². The molecule has 0 bridgehead atoms. The molecule has 27 heavy (non-hydrogen) atoms. The Morgan fingerprint density at radius 3 is 2.59 bits per heavy atom. The molecule has 0 aliphatic carbocycles. The summed E-state index contributed by atoms with van der Waals surface area (Å²) in [5, 5.41) is 4.89. The van der Waals surface area contributed by atoms with Gasteiger partial charge in [-0.25, -0.2) is 0 Å². The van der Waals surface area contributed by atoms with E-state index in [1.54, 1.807) is 30.0 Å². The minimum atomic E-state index is -0.527. The van der Waals surface area contributed by atoms with Crippen LogP contribution in [-0.2, 0) is 10.5 Å². The zero-order chi connectivity index (χ0) is 19.8. The quantitative estimate of drug-likeness (QED) is 0.469. The normalized spacial score (nSPS) is 11.9. The molecule has 1 atom stereocenters. The maximum atomic E-state index is 12.3. The molecule has 0 saturated carbocycles. The van der Waals surface area contributed by atoms with Gasteiger partial charge in [0.2, 0.25) is 0 Å². The number of rotatable bonds is 9. The Morgan fingerprint density at radius 1 is 1.15 bits per heavy atom. The summed E-state index contributed by atoms with van der Waals surface area (Å²) in [4.78, 5) is 12.3.